The first kappa shape index (κ1) is 54.7. The summed E-state index contributed by atoms with van der Waals surface area (Å²) < 4.78 is 32.8. The molecule has 0 bridgehead atoms. The van der Waals surface area contributed by atoms with Gasteiger partial charge in [0.25, 0.3) is 0 Å². The molecule has 0 aromatic heterocycles. The molecule has 0 aromatic carbocycles. The van der Waals surface area contributed by atoms with Gasteiger partial charge in [-0.3, -0.25) is 0 Å². The summed E-state index contributed by atoms with van der Waals surface area (Å²) in [5.74, 6) is 114. The van der Waals surface area contributed by atoms with Gasteiger partial charge in [0.2, 0.25) is 0 Å². The van der Waals surface area contributed by atoms with E-state index in [0.29, 0.717) is 6.42 Å². The third-order valence-corrected chi connectivity index (χ3v) is 5.58. The molecule has 0 spiro atoms. The lowest BCUT2D eigenvalue weighted by atomic mass is 9.88. The van der Waals surface area contributed by atoms with E-state index in [-0.39, 0.29) is 40.2 Å². The van der Waals surface area contributed by atoms with Crippen LogP contribution in [0.3, 0.4) is 0 Å². The van der Waals surface area contributed by atoms with Crippen molar-refractivity contribution in [2.75, 3.05) is 40.2 Å². The van der Waals surface area contributed by atoms with E-state index in [1.54, 1.807) is 20.8 Å². The smallest absolute Gasteiger partial charge is 0.199 e. The third-order valence-electron chi connectivity index (χ3n) is 5.58. The van der Waals surface area contributed by atoms with Crippen LogP contribution in [0.5, 0.6) is 0 Å². The molecule has 302 valence electrons. The quantitative estimate of drug-likeness (QED) is 0.162. The zero-order valence-electron chi connectivity index (χ0n) is 35.9. The zero-order valence-corrected chi connectivity index (χ0v) is 35.9. The SMILES string of the molecule is CC#CC#CC#CC#CC#CC#CC#CC#COCOCC(CC)(COCOC#CC#CC#CC#CC#CC#CC#CC#CC)COCOC#CC#CC#CC#CC#CC#CC#CC#CC. The monoisotopic (exact) mass is 842 g/mol. The average molecular weight is 843 g/mol. The molecule has 0 aliphatic rings. The van der Waals surface area contributed by atoms with Gasteiger partial charge in [-0.05, 0) is 152 Å². The van der Waals surface area contributed by atoms with Crippen molar-refractivity contribution >= 4 is 0 Å². The van der Waals surface area contributed by atoms with Crippen LogP contribution in [-0.2, 0) is 28.4 Å². The summed E-state index contributed by atoms with van der Waals surface area (Å²) in [5, 5.41) is 0. The molecule has 66 heavy (non-hydrogen) atoms. The maximum atomic E-state index is 5.72. The average Bonchev–Trinajstić information content (AvgIpc) is 3.33. The third kappa shape index (κ3) is 42.3. The second kappa shape index (κ2) is 48.1. The Hall–Kier alpha value is -11.3. The summed E-state index contributed by atoms with van der Waals surface area (Å²) >= 11 is 0. The van der Waals surface area contributed by atoms with Crippen LogP contribution < -0.4 is 0 Å². The lowest BCUT2D eigenvalue weighted by Gasteiger charge is -2.31. The molecule has 0 aliphatic carbocycles. The molecule has 0 saturated carbocycles. The van der Waals surface area contributed by atoms with Gasteiger partial charge in [0.1, 0.15) is 18.3 Å². The standard InChI is InChI=1S/C60H26O6/c1-5-9-12-15-18-21-24-27-30-33-36-39-42-45-48-51-61-57-64-54-60(8-4,55-65-58-62-52-49-46-43-40-37-34-31-28-25-22-19-16-13-10-6-2)56-66-59-63-53-50-47-44-41-38-35-32-29-26-23-20-17-14-11-7-3/h8,54-59H2,1-4H3. The largest absolute Gasteiger partial charge is 0.417 e. The summed E-state index contributed by atoms with van der Waals surface area (Å²) in [6.07, 6.45) is 7.82. The van der Waals surface area contributed by atoms with Crippen LogP contribution in [0.15, 0.2) is 0 Å². The summed E-state index contributed by atoms with van der Waals surface area (Å²) in [4.78, 5) is 0. The van der Waals surface area contributed by atoms with E-state index in [1.165, 1.54) is 0 Å². The topological polar surface area (TPSA) is 55.4 Å². The fourth-order valence-electron chi connectivity index (χ4n) is 2.92. The van der Waals surface area contributed by atoms with Crippen molar-refractivity contribution < 1.29 is 28.4 Å². The zero-order chi connectivity index (χ0) is 47.6. The Bertz CT molecular complexity index is 3020. The van der Waals surface area contributed by atoms with Crippen LogP contribution in [0.1, 0.15) is 34.1 Å². The Labute approximate surface area is 391 Å². The summed E-state index contributed by atoms with van der Waals surface area (Å²) in [5.41, 5.74) is -0.660. The highest BCUT2D eigenvalue weighted by Gasteiger charge is 2.30. The molecule has 0 fully saturated rings. The van der Waals surface area contributed by atoms with Crippen LogP contribution in [0.25, 0.3) is 0 Å². The second-order valence-corrected chi connectivity index (χ2v) is 9.99. The first-order valence-corrected chi connectivity index (χ1v) is 18.1. The lowest BCUT2D eigenvalue weighted by Crippen LogP contribution is -2.37. The molecule has 0 aromatic rings. The van der Waals surface area contributed by atoms with E-state index in [2.05, 4.69) is 285 Å². The molecular formula is C60H26O6. The Kier molecular flexibility index (Phi) is 39.9. The lowest BCUT2D eigenvalue weighted by molar-refractivity contribution is -0.133. The van der Waals surface area contributed by atoms with Gasteiger partial charge in [-0.15, -0.1) is 0 Å². The first-order valence-electron chi connectivity index (χ1n) is 18.1. The van der Waals surface area contributed by atoms with E-state index >= 15 is 0 Å². The Balaban J connectivity index is 5.28. The van der Waals surface area contributed by atoms with Gasteiger partial charge in [0.05, 0.1) is 19.8 Å². The predicted octanol–water partition coefficient (Wildman–Crippen LogP) is 2.37. The predicted molar refractivity (Wildman–Crippen MR) is 252 cm³/mol. The van der Waals surface area contributed by atoms with Gasteiger partial charge < -0.3 is 28.4 Å². The molecule has 0 heterocycles. The Morgan fingerprint density at radius 2 is 0.409 bits per heavy atom. The van der Waals surface area contributed by atoms with Crippen molar-refractivity contribution in [1.29, 1.82) is 0 Å². The number of hydrogen-bond donors (Lipinski definition) is 0. The van der Waals surface area contributed by atoms with Gasteiger partial charge in [-0.2, -0.15) is 0 Å². The molecule has 0 rings (SSSR count). The van der Waals surface area contributed by atoms with E-state index in [1.807, 2.05) is 6.92 Å². The molecule has 6 heteroatoms. The highest BCUT2D eigenvalue weighted by atomic mass is 16.7. The summed E-state index contributed by atoms with van der Waals surface area (Å²) in [6.45, 7) is 6.93. The van der Waals surface area contributed by atoms with Gasteiger partial charge in [0, 0.05) is 130 Å². The fraction of sp³-hybridized carbons (Fsp3) is 0.200. The first-order chi connectivity index (χ1) is 32.7. The van der Waals surface area contributed by atoms with Crippen molar-refractivity contribution in [2.45, 2.75) is 34.1 Å². The summed E-state index contributed by atoms with van der Waals surface area (Å²) in [7, 11) is 0. The highest BCUT2D eigenvalue weighted by molar-refractivity contribution is 5.48. The van der Waals surface area contributed by atoms with Gasteiger partial charge in [0.15, 0.2) is 20.4 Å². The van der Waals surface area contributed by atoms with E-state index in [4.69, 9.17) is 28.4 Å². The molecule has 0 unspecified atom stereocenters. The fourth-order valence-corrected chi connectivity index (χ4v) is 2.92. The number of ether oxygens (including phenoxy) is 6. The molecule has 0 saturated heterocycles. The molecular weight excluding hydrogens is 817 g/mol. The minimum absolute atomic E-state index is 0.151. The van der Waals surface area contributed by atoms with Crippen LogP contribution in [0.2, 0.25) is 0 Å². The summed E-state index contributed by atoms with van der Waals surface area (Å²) in [6, 6.07) is 0. The van der Waals surface area contributed by atoms with Gasteiger partial charge in [-0.1, -0.05) is 24.7 Å². The molecule has 6 nitrogen and oxygen atoms in total. The van der Waals surface area contributed by atoms with E-state index in [9.17, 15) is 0 Å². The van der Waals surface area contributed by atoms with E-state index < -0.39 is 5.41 Å². The van der Waals surface area contributed by atoms with Crippen molar-refractivity contribution in [3.8, 4) is 285 Å². The van der Waals surface area contributed by atoms with Crippen molar-refractivity contribution in [2.24, 2.45) is 5.41 Å². The maximum Gasteiger partial charge on any atom is 0.199 e. The van der Waals surface area contributed by atoms with Crippen molar-refractivity contribution in [1.82, 2.24) is 0 Å². The molecule has 0 N–H and O–H groups in total. The number of hydrogen-bond acceptors (Lipinski definition) is 6. The normalized spacial score (nSPS) is 6.00. The van der Waals surface area contributed by atoms with E-state index in [0.717, 1.165) is 0 Å². The van der Waals surface area contributed by atoms with Crippen LogP contribution in [0.4, 0.5) is 0 Å². The Morgan fingerprint density at radius 3 is 0.576 bits per heavy atom. The van der Waals surface area contributed by atoms with Crippen LogP contribution in [-0.4, -0.2) is 40.2 Å². The highest BCUT2D eigenvalue weighted by Crippen LogP contribution is 2.24. The maximum absolute atomic E-state index is 5.72. The number of rotatable bonds is 13. The van der Waals surface area contributed by atoms with Gasteiger partial charge >= 0.3 is 0 Å². The van der Waals surface area contributed by atoms with Crippen molar-refractivity contribution in [3.63, 3.8) is 0 Å². The van der Waals surface area contributed by atoms with Gasteiger partial charge in [-0.25, -0.2) is 0 Å². The second-order valence-electron chi connectivity index (χ2n) is 9.99. The molecule has 0 atom stereocenters. The van der Waals surface area contributed by atoms with Crippen molar-refractivity contribution in [3.05, 3.63) is 0 Å². The Morgan fingerprint density at radius 1 is 0.242 bits per heavy atom. The molecule has 0 amide bonds. The minimum atomic E-state index is -0.660. The molecule has 0 radical (unpaired) electrons. The van der Waals surface area contributed by atoms with Crippen LogP contribution in [0, 0.1) is 290 Å². The molecule has 0 aliphatic heterocycles. The van der Waals surface area contributed by atoms with Crippen LogP contribution >= 0.6 is 0 Å². The minimum Gasteiger partial charge on any atom is -0.417 e.